The number of carbonyl (C=O) groups is 1. The number of likely N-dealkylation sites (tertiary alicyclic amines) is 1. The van der Waals surface area contributed by atoms with Gasteiger partial charge in [0.1, 0.15) is 11.4 Å². The summed E-state index contributed by atoms with van der Waals surface area (Å²) in [4.78, 5) is 31.3. The van der Waals surface area contributed by atoms with Crippen molar-refractivity contribution in [2.45, 2.75) is 32.6 Å². The highest BCUT2D eigenvalue weighted by Crippen LogP contribution is 2.26. The number of fused-ring (bicyclic) bond motifs is 1. The van der Waals surface area contributed by atoms with Gasteiger partial charge in [0.25, 0.3) is 5.91 Å². The van der Waals surface area contributed by atoms with E-state index in [0.717, 1.165) is 30.1 Å². The number of nitrogens with one attached hydrogen (secondary N) is 1. The van der Waals surface area contributed by atoms with E-state index in [-0.39, 0.29) is 23.0 Å². The maximum absolute atomic E-state index is 12.9. The number of H-pyrrole nitrogens is 1. The second-order valence-corrected chi connectivity index (χ2v) is 6.84. The maximum atomic E-state index is 12.9. The lowest BCUT2D eigenvalue weighted by Crippen LogP contribution is -2.39. The SMILES string of the molecule is Cc1ccc2c(=O)cc(C(=O)N3CCCC(c4n[nH]c(C)n4)C3)oc2c1. The largest absolute Gasteiger partial charge is 0.451 e. The molecular formula is C19H20N4O3. The number of benzene rings is 1. The van der Waals surface area contributed by atoms with E-state index in [4.69, 9.17) is 4.42 Å². The van der Waals surface area contributed by atoms with Crippen molar-refractivity contribution in [1.82, 2.24) is 20.1 Å². The van der Waals surface area contributed by atoms with Gasteiger partial charge >= 0.3 is 0 Å². The normalized spacial score (nSPS) is 17.6. The van der Waals surface area contributed by atoms with Gasteiger partial charge in [-0.3, -0.25) is 14.7 Å². The topological polar surface area (TPSA) is 92.1 Å². The summed E-state index contributed by atoms with van der Waals surface area (Å²) in [6, 6.07) is 6.66. The Labute approximate surface area is 150 Å². The van der Waals surface area contributed by atoms with Crippen LogP contribution in [0.15, 0.2) is 33.5 Å². The number of hydrogen-bond donors (Lipinski definition) is 1. The first-order valence-electron chi connectivity index (χ1n) is 8.74. The number of aryl methyl sites for hydroxylation is 2. The van der Waals surface area contributed by atoms with Crippen LogP contribution in [-0.4, -0.2) is 39.1 Å². The Morgan fingerprint density at radius 3 is 2.92 bits per heavy atom. The van der Waals surface area contributed by atoms with Crippen LogP contribution in [0.2, 0.25) is 0 Å². The number of amides is 1. The highest BCUT2D eigenvalue weighted by Gasteiger charge is 2.29. The van der Waals surface area contributed by atoms with Crippen molar-refractivity contribution in [1.29, 1.82) is 0 Å². The molecule has 0 saturated carbocycles. The van der Waals surface area contributed by atoms with Gasteiger partial charge in [0, 0.05) is 25.1 Å². The van der Waals surface area contributed by atoms with Gasteiger partial charge in [-0.25, -0.2) is 4.98 Å². The average molecular weight is 352 g/mol. The third-order valence-electron chi connectivity index (χ3n) is 4.78. The van der Waals surface area contributed by atoms with Crippen LogP contribution in [0.5, 0.6) is 0 Å². The van der Waals surface area contributed by atoms with Gasteiger partial charge in [0.15, 0.2) is 17.0 Å². The quantitative estimate of drug-likeness (QED) is 0.765. The standard InChI is InChI=1S/C19H20N4O3/c1-11-5-6-14-15(24)9-17(26-16(14)8-11)19(25)23-7-3-4-13(10-23)18-20-12(2)21-22-18/h5-6,8-9,13H,3-4,7,10H2,1-2H3,(H,20,21,22). The van der Waals surface area contributed by atoms with Crippen LogP contribution in [-0.2, 0) is 0 Å². The van der Waals surface area contributed by atoms with Crippen molar-refractivity contribution >= 4 is 16.9 Å². The summed E-state index contributed by atoms with van der Waals surface area (Å²) < 4.78 is 5.75. The molecule has 4 rings (SSSR count). The second kappa shape index (κ2) is 6.40. The average Bonchev–Trinajstić information content (AvgIpc) is 3.07. The molecule has 134 valence electrons. The number of aromatic amines is 1. The zero-order chi connectivity index (χ0) is 18.3. The summed E-state index contributed by atoms with van der Waals surface area (Å²) in [5.74, 6) is 1.41. The molecule has 0 aliphatic carbocycles. The molecular weight excluding hydrogens is 332 g/mol. The molecule has 26 heavy (non-hydrogen) atoms. The summed E-state index contributed by atoms with van der Waals surface area (Å²) in [6.45, 7) is 4.93. The lowest BCUT2D eigenvalue weighted by Gasteiger charge is -2.31. The van der Waals surface area contributed by atoms with Crippen LogP contribution in [0.25, 0.3) is 11.0 Å². The molecule has 3 aromatic rings. The van der Waals surface area contributed by atoms with E-state index in [9.17, 15) is 9.59 Å². The molecule has 1 amide bonds. The van der Waals surface area contributed by atoms with Crippen LogP contribution in [0.3, 0.4) is 0 Å². The fraction of sp³-hybridized carbons (Fsp3) is 0.368. The first-order chi connectivity index (χ1) is 12.5. The van der Waals surface area contributed by atoms with Crippen molar-refractivity contribution in [3.05, 3.63) is 57.5 Å². The number of aromatic nitrogens is 3. The number of carbonyl (C=O) groups excluding carboxylic acids is 1. The van der Waals surface area contributed by atoms with E-state index in [2.05, 4.69) is 15.2 Å². The summed E-state index contributed by atoms with van der Waals surface area (Å²) >= 11 is 0. The van der Waals surface area contributed by atoms with Gasteiger partial charge in [0.05, 0.1) is 5.39 Å². The molecule has 1 atom stereocenters. The fourth-order valence-corrected chi connectivity index (χ4v) is 3.44. The monoisotopic (exact) mass is 352 g/mol. The molecule has 7 heteroatoms. The molecule has 7 nitrogen and oxygen atoms in total. The molecule has 1 aliphatic heterocycles. The van der Waals surface area contributed by atoms with E-state index < -0.39 is 0 Å². The van der Waals surface area contributed by atoms with Crippen molar-refractivity contribution in [3.8, 4) is 0 Å². The number of nitrogens with zero attached hydrogens (tertiary/aromatic N) is 3. The molecule has 1 unspecified atom stereocenters. The number of hydrogen-bond acceptors (Lipinski definition) is 5. The Hall–Kier alpha value is -2.96. The van der Waals surface area contributed by atoms with Gasteiger partial charge in [-0.15, -0.1) is 0 Å². The minimum atomic E-state index is -0.262. The van der Waals surface area contributed by atoms with E-state index >= 15 is 0 Å². The molecule has 0 spiro atoms. The summed E-state index contributed by atoms with van der Waals surface area (Å²) in [5.41, 5.74) is 1.22. The Bertz CT molecular complexity index is 1040. The Balaban J connectivity index is 1.62. The molecule has 0 radical (unpaired) electrons. The molecule has 1 fully saturated rings. The summed E-state index contributed by atoms with van der Waals surface area (Å²) in [6.07, 6.45) is 1.79. The van der Waals surface area contributed by atoms with Crippen LogP contribution in [0, 0.1) is 13.8 Å². The third kappa shape index (κ3) is 3.00. The predicted octanol–water partition coefficient (Wildman–Crippen LogP) is 2.55. The van der Waals surface area contributed by atoms with Crippen LogP contribution >= 0.6 is 0 Å². The smallest absolute Gasteiger partial charge is 0.289 e. The van der Waals surface area contributed by atoms with Crippen molar-refractivity contribution in [2.24, 2.45) is 0 Å². The molecule has 1 N–H and O–H groups in total. The van der Waals surface area contributed by atoms with Gasteiger partial charge in [-0.2, -0.15) is 5.10 Å². The lowest BCUT2D eigenvalue weighted by atomic mass is 9.97. The summed E-state index contributed by atoms with van der Waals surface area (Å²) in [5, 5.41) is 7.56. The van der Waals surface area contributed by atoms with Crippen molar-refractivity contribution < 1.29 is 9.21 Å². The molecule has 3 heterocycles. The molecule has 1 saturated heterocycles. The first kappa shape index (κ1) is 16.5. The molecule has 2 aromatic heterocycles. The highest BCUT2D eigenvalue weighted by molar-refractivity contribution is 5.93. The van der Waals surface area contributed by atoms with E-state index in [1.807, 2.05) is 19.9 Å². The lowest BCUT2D eigenvalue weighted by molar-refractivity contribution is 0.0673. The Kier molecular flexibility index (Phi) is 4.06. The first-order valence-corrected chi connectivity index (χ1v) is 8.74. The zero-order valence-electron chi connectivity index (χ0n) is 14.8. The van der Waals surface area contributed by atoms with Gasteiger partial charge < -0.3 is 9.32 Å². The third-order valence-corrected chi connectivity index (χ3v) is 4.78. The maximum Gasteiger partial charge on any atom is 0.289 e. The van der Waals surface area contributed by atoms with E-state index in [0.29, 0.717) is 24.1 Å². The van der Waals surface area contributed by atoms with Crippen molar-refractivity contribution in [2.75, 3.05) is 13.1 Å². The predicted molar refractivity (Wildman–Crippen MR) is 96.2 cm³/mol. The van der Waals surface area contributed by atoms with Gasteiger partial charge in [-0.05, 0) is 44.4 Å². The van der Waals surface area contributed by atoms with Crippen LogP contribution in [0.4, 0.5) is 0 Å². The second-order valence-electron chi connectivity index (χ2n) is 6.84. The van der Waals surface area contributed by atoms with Crippen LogP contribution in [0.1, 0.15) is 46.5 Å². The van der Waals surface area contributed by atoms with Crippen molar-refractivity contribution in [3.63, 3.8) is 0 Å². The molecule has 1 aliphatic rings. The Morgan fingerprint density at radius 2 is 2.15 bits per heavy atom. The van der Waals surface area contributed by atoms with Gasteiger partial charge in [0.2, 0.25) is 0 Å². The summed E-state index contributed by atoms with van der Waals surface area (Å²) in [7, 11) is 0. The molecule has 0 bridgehead atoms. The fourth-order valence-electron chi connectivity index (χ4n) is 3.44. The number of rotatable bonds is 2. The minimum absolute atomic E-state index is 0.0833. The van der Waals surface area contributed by atoms with E-state index in [1.165, 1.54) is 6.07 Å². The zero-order valence-corrected chi connectivity index (χ0v) is 14.8. The molecule has 1 aromatic carbocycles. The minimum Gasteiger partial charge on any atom is -0.451 e. The number of piperidine rings is 1. The van der Waals surface area contributed by atoms with E-state index in [1.54, 1.807) is 17.0 Å². The Morgan fingerprint density at radius 1 is 1.31 bits per heavy atom. The van der Waals surface area contributed by atoms with Gasteiger partial charge in [-0.1, -0.05) is 6.07 Å². The highest BCUT2D eigenvalue weighted by atomic mass is 16.3. The van der Waals surface area contributed by atoms with Crippen LogP contribution < -0.4 is 5.43 Å².